The van der Waals surface area contributed by atoms with E-state index >= 15 is 0 Å². The van der Waals surface area contributed by atoms with Crippen LogP contribution in [0.15, 0.2) is 71.6 Å². The molecule has 10 heteroatoms. The van der Waals surface area contributed by atoms with Crippen LogP contribution in [0.1, 0.15) is 22.3 Å². The highest BCUT2D eigenvalue weighted by Gasteiger charge is 2.29. The molecule has 32 heavy (non-hydrogen) atoms. The van der Waals surface area contributed by atoms with Crippen molar-refractivity contribution in [2.45, 2.75) is 17.7 Å². The molecule has 0 saturated heterocycles. The van der Waals surface area contributed by atoms with Crippen LogP contribution in [0.4, 0.5) is 21.5 Å². The Morgan fingerprint density at radius 1 is 1.06 bits per heavy atom. The predicted octanol–water partition coefficient (Wildman–Crippen LogP) is 4.13. The molecule has 1 aliphatic heterocycles. The Bertz CT molecular complexity index is 1310. The Balaban J connectivity index is 1.67. The first-order valence-corrected chi connectivity index (χ1v) is 11.2. The van der Waals surface area contributed by atoms with Crippen LogP contribution in [0.2, 0.25) is 0 Å². The number of hydrogen-bond donors (Lipinski definition) is 1. The van der Waals surface area contributed by atoms with Gasteiger partial charge in [0.1, 0.15) is 11.4 Å². The number of nitro benzene ring substituents is 1. The molecule has 0 radical (unpaired) electrons. The zero-order valence-electron chi connectivity index (χ0n) is 16.7. The molecule has 1 aliphatic rings. The van der Waals surface area contributed by atoms with Crippen molar-refractivity contribution in [3.8, 4) is 0 Å². The molecule has 0 saturated carbocycles. The average Bonchev–Trinajstić information content (AvgIpc) is 2.78. The number of halogens is 1. The summed E-state index contributed by atoms with van der Waals surface area (Å²) in [5.74, 6) is -1.22. The first-order valence-electron chi connectivity index (χ1n) is 9.73. The molecule has 164 valence electrons. The molecule has 0 spiro atoms. The van der Waals surface area contributed by atoms with Gasteiger partial charge < -0.3 is 5.32 Å². The average molecular weight is 455 g/mol. The number of anilines is 2. The number of para-hydroxylation sites is 1. The summed E-state index contributed by atoms with van der Waals surface area (Å²) in [6, 6.07) is 15.0. The molecule has 0 aromatic heterocycles. The van der Waals surface area contributed by atoms with E-state index in [1.807, 2.05) is 0 Å². The molecule has 0 fully saturated rings. The molecule has 3 aromatic carbocycles. The van der Waals surface area contributed by atoms with Gasteiger partial charge in [0.25, 0.3) is 21.6 Å². The third kappa shape index (κ3) is 4.04. The molecule has 0 unspecified atom stereocenters. The van der Waals surface area contributed by atoms with Gasteiger partial charge in [0.15, 0.2) is 0 Å². The minimum atomic E-state index is -3.94. The fourth-order valence-electron chi connectivity index (χ4n) is 3.63. The standard InChI is InChI=1S/C22H18FN3O5S/c23-16-8-11-18(12-9-16)32(30,31)25-13-3-4-15-7-10-17(14-21(15)25)24-22(27)19-5-1-2-6-20(19)26(28)29/h1-2,5-12,14H,3-4,13H2,(H,24,27). The lowest BCUT2D eigenvalue weighted by atomic mass is 10.0. The molecule has 1 amide bonds. The van der Waals surface area contributed by atoms with E-state index in [2.05, 4.69) is 5.32 Å². The van der Waals surface area contributed by atoms with E-state index in [0.29, 0.717) is 24.2 Å². The van der Waals surface area contributed by atoms with E-state index in [-0.39, 0.29) is 22.7 Å². The summed E-state index contributed by atoms with van der Waals surface area (Å²) in [7, 11) is -3.94. The Hall–Kier alpha value is -3.79. The normalized spacial score (nSPS) is 13.3. The zero-order valence-corrected chi connectivity index (χ0v) is 17.5. The molecule has 0 bridgehead atoms. The molecule has 4 rings (SSSR count). The second-order valence-electron chi connectivity index (χ2n) is 7.21. The lowest BCUT2D eigenvalue weighted by molar-refractivity contribution is -0.385. The van der Waals surface area contributed by atoms with Crippen LogP contribution in [-0.4, -0.2) is 25.8 Å². The molecule has 1 heterocycles. The van der Waals surface area contributed by atoms with Gasteiger partial charge in [0, 0.05) is 18.3 Å². The summed E-state index contributed by atoms with van der Waals surface area (Å²) in [5, 5.41) is 13.8. The summed E-state index contributed by atoms with van der Waals surface area (Å²) in [6.07, 6.45) is 1.26. The van der Waals surface area contributed by atoms with Crippen molar-refractivity contribution < 1.29 is 22.5 Å². The first kappa shape index (κ1) is 21.4. The number of nitrogens with zero attached hydrogens (tertiary/aromatic N) is 2. The fourth-order valence-corrected chi connectivity index (χ4v) is 5.16. The van der Waals surface area contributed by atoms with Crippen molar-refractivity contribution in [1.82, 2.24) is 0 Å². The van der Waals surface area contributed by atoms with E-state index < -0.39 is 26.7 Å². The number of benzene rings is 3. The van der Waals surface area contributed by atoms with Gasteiger partial charge in [0.05, 0.1) is 15.5 Å². The number of rotatable bonds is 5. The smallest absolute Gasteiger partial charge is 0.282 e. The van der Waals surface area contributed by atoms with Crippen molar-refractivity contribution in [3.63, 3.8) is 0 Å². The predicted molar refractivity (Wildman–Crippen MR) is 117 cm³/mol. The van der Waals surface area contributed by atoms with Crippen molar-refractivity contribution in [2.24, 2.45) is 0 Å². The topological polar surface area (TPSA) is 110 Å². The number of nitrogens with one attached hydrogen (secondary N) is 1. The van der Waals surface area contributed by atoms with Gasteiger partial charge in [-0.05, 0) is 60.9 Å². The Labute approximate surface area is 183 Å². The minimum Gasteiger partial charge on any atom is -0.322 e. The van der Waals surface area contributed by atoms with Crippen LogP contribution in [-0.2, 0) is 16.4 Å². The number of carbonyl (C=O) groups excluding carboxylic acids is 1. The SMILES string of the molecule is O=C(Nc1ccc2c(c1)N(S(=O)(=O)c1ccc(F)cc1)CCC2)c1ccccc1[N+](=O)[O-]. The molecule has 1 N–H and O–H groups in total. The third-order valence-corrected chi connectivity index (χ3v) is 6.99. The molecular formula is C22H18FN3O5S. The zero-order chi connectivity index (χ0) is 22.9. The molecule has 3 aromatic rings. The van der Waals surface area contributed by atoms with Crippen molar-refractivity contribution in [2.75, 3.05) is 16.2 Å². The number of nitro groups is 1. The van der Waals surface area contributed by atoms with E-state index in [1.165, 1.54) is 46.8 Å². The number of sulfonamides is 1. The van der Waals surface area contributed by atoms with Crippen LogP contribution in [0.3, 0.4) is 0 Å². The Morgan fingerprint density at radius 2 is 1.78 bits per heavy atom. The van der Waals surface area contributed by atoms with Gasteiger partial charge in [-0.25, -0.2) is 12.8 Å². The number of hydrogen-bond acceptors (Lipinski definition) is 5. The van der Waals surface area contributed by atoms with Crippen LogP contribution in [0.25, 0.3) is 0 Å². The first-order chi connectivity index (χ1) is 15.3. The van der Waals surface area contributed by atoms with Gasteiger partial charge in [-0.1, -0.05) is 18.2 Å². The number of amides is 1. The highest BCUT2D eigenvalue weighted by Crippen LogP contribution is 2.34. The lowest BCUT2D eigenvalue weighted by Crippen LogP contribution is -2.35. The van der Waals surface area contributed by atoms with Crippen molar-refractivity contribution in [1.29, 1.82) is 0 Å². The monoisotopic (exact) mass is 455 g/mol. The van der Waals surface area contributed by atoms with E-state index in [1.54, 1.807) is 12.1 Å². The fraction of sp³-hybridized carbons (Fsp3) is 0.136. The Kier molecular flexibility index (Phi) is 5.62. The summed E-state index contributed by atoms with van der Waals surface area (Å²) in [4.78, 5) is 23.2. The number of fused-ring (bicyclic) bond motifs is 1. The number of aryl methyl sites for hydroxylation is 1. The summed E-state index contributed by atoms with van der Waals surface area (Å²) in [5.41, 5.74) is 1.05. The molecular weight excluding hydrogens is 437 g/mol. The van der Waals surface area contributed by atoms with Crippen LogP contribution in [0.5, 0.6) is 0 Å². The quantitative estimate of drug-likeness (QED) is 0.460. The van der Waals surface area contributed by atoms with Crippen LogP contribution < -0.4 is 9.62 Å². The van der Waals surface area contributed by atoms with Gasteiger partial charge >= 0.3 is 0 Å². The summed E-state index contributed by atoms with van der Waals surface area (Å²) in [6.45, 7) is 0.230. The lowest BCUT2D eigenvalue weighted by Gasteiger charge is -2.31. The van der Waals surface area contributed by atoms with Crippen LogP contribution >= 0.6 is 0 Å². The van der Waals surface area contributed by atoms with E-state index in [0.717, 1.165) is 17.7 Å². The summed E-state index contributed by atoms with van der Waals surface area (Å²) >= 11 is 0. The largest absolute Gasteiger partial charge is 0.322 e. The van der Waals surface area contributed by atoms with Crippen LogP contribution in [0, 0.1) is 15.9 Å². The second kappa shape index (κ2) is 8.39. The van der Waals surface area contributed by atoms with Crippen molar-refractivity contribution in [3.05, 3.63) is 93.8 Å². The molecule has 8 nitrogen and oxygen atoms in total. The maximum absolute atomic E-state index is 13.3. The number of carbonyl (C=O) groups is 1. The van der Waals surface area contributed by atoms with Gasteiger partial charge in [0.2, 0.25) is 0 Å². The van der Waals surface area contributed by atoms with Crippen molar-refractivity contribution >= 4 is 33.0 Å². The van der Waals surface area contributed by atoms with Gasteiger partial charge in [-0.3, -0.25) is 19.2 Å². The maximum atomic E-state index is 13.3. The maximum Gasteiger partial charge on any atom is 0.282 e. The second-order valence-corrected chi connectivity index (χ2v) is 9.07. The van der Waals surface area contributed by atoms with E-state index in [4.69, 9.17) is 0 Å². The van der Waals surface area contributed by atoms with Gasteiger partial charge in [-0.15, -0.1) is 0 Å². The Morgan fingerprint density at radius 3 is 2.50 bits per heavy atom. The van der Waals surface area contributed by atoms with Gasteiger partial charge in [-0.2, -0.15) is 0 Å². The third-order valence-electron chi connectivity index (χ3n) is 5.17. The molecule has 0 aliphatic carbocycles. The highest BCUT2D eigenvalue weighted by atomic mass is 32.2. The molecule has 0 atom stereocenters. The summed E-state index contributed by atoms with van der Waals surface area (Å²) < 4.78 is 40.8. The highest BCUT2D eigenvalue weighted by molar-refractivity contribution is 7.92. The van der Waals surface area contributed by atoms with E-state index in [9.17, 15) is 27.7 Å². The minimum absolute atomic E-state index is 0.0406.